The van der Waals surface area contributed by atoms with Crippen molar-refractivity contribution in [2.45, 2.75) is 42.4 Å². The Kier molecular flexibility index (Phi) is 6.62. The summed E-state index contributed by atoms with van der Waals surface area (Å²) in [6.07, 6.45) is 0.706. The third kappa shape index (κ3) is 5.75. The molecule has 0 aliphatic carbocycles. The maximum Gasteiger partial charge on any atom is 0.446 e. The Morgan fingerprint density at radius 1 is 1.03 bits per heavy atom. The van der Waals surface area contributed by atoms with Crippen molar-refractivity contribution in [2.24, 2.45) is 0 Å². The molecule has 0 spiro atoms. The zero-order valence-electron chi connectivity index (χ0n) is 17.6. The molecule has 0 bridgehead atoms. The Hall–Kier alpha value is -3.38. The number of rotatable bonds is 4. The molecule has 2 aliphatic heterocycles. The second kappa shape index (κ2) is 9.47. The number of benzene rings is 2. The Morgan fingerprint density at radius 2 is 1.74 bits per heavy atom. The monoisotopic (exact) mass is 492 g/mol. The minimum Gasteiger partial charge on any atom is -0.308 e. The van der Waals surface area contributed by atoms with Crippen molar-refractivity contribution in [3.63, 3.8) is 0 Å². The molecule has 1 atom stereocenters. The summed E-state index contributed by atoms with van der Waals surface area (Å²) in [6, 6.07) is 8.75. The third-order valence-corrected chi connectivity index (χ3v) is 6.18. The molecule has 178 valence electrons. The summed E-state index contributed by atoms with van der Waals surface area (Å²) in [5.74, 6) is -1.26. The van der Waals surface area contributed by atoms with Crippen molar-refractivity contribution in [3.05, 3.63) is 59.2 Å². The van der Waals surface area contributed by atoms with Crippen LogP contribution in [0, 0.1) is 0 Å². The van der Waals surface area contributed by atoms with Crippen LogP contribution in [0.5, 0.6) is 0 Å². The molecule has 0 radical (unpaired) electrons. The molecule has 34 heavy (non-hydrogen) atoms. The number of hydrogen-bond donors (Lipinski definition) is 3. The van der Waals surface area contributed by atoms with Crippen LogP contribution in [0.25, 0.3) is 0 Å². The molecule has 12 heteroatoms. The number of carbonyl (C=O) groups is 4. The molecule has 1 fully saturated rings. The van der Waals surface area contributed by atoms with E-state index in [0.717, 1.165) is 11.1 Å². The highest BCUT2D eigenvalue weighted by Crippen LogP contribution is 2.37. The fourth-order valence-corrected chi connectivity index (χ4v) is 4.43. The van der Waals surface area contributed by atoms with Crippen LogP contribution < -0.4 is 16.0 Å². The van der Waals surface area contributed by atoms with Gasteiger partial charge < -0.3 is 5.32 Å². The van der Waals surface area contributed by atoms with E-state index in [-0.39, 0.29) is 46.1 Å². The molecule has 1 saturated heterocycles. The Labute approximate surface area is 196 Å². The van der Waals surface area contributed by atoms with E-state index in [1.165, 1.54) is 24.3 Å². The van der Waals surface area contributed by atoms with Crippen molar-refractivity contribution in [3.8, 4) is 0 Å². The number of urea groups is 1. The topological polar surface area (TPSA) is 108 Å². The van der Waals surface area contributed by atoms with Gasteiger partial charge >= 0.3 is 11.5 Å². The Bertz CT molecular complexity index is 1150. The first-order valence-electron chi connectivity index (χ1n) is 10.2. The first kappa shape index (κ1) is 23.8. The smallest absolute Gasteiger partial charge is 0.308 e. The van der Waals surface area contributed by atoms with Crippen molar-refractivity contribution in [2.75, 3.05) is 5.32 Å². The number of piperidine rings is 1. The van der Waals surface area contributed by atoms with Gasteiger partial charge in [-0.05, 0) is 65.7 Å². The van der Waals surface area contributed by atoms with E-state index in [2.05, 4.69) is 16.0 Å². The number of nitrogens with one attached hydrogen (secondary N) is 3. The summed E-state index contributed by atoms with van der Waals surface area (Å²) >= 11 is -0.268. The number of amides is 5. The van der Waals surface area contributed by atoms with Gasteiger partial charge in [-0.1, -0.05) is 6.07 Å². The average molecular weight is 492 g/mol. The lowest BCUT2D eigenvalue weighted by molar-refractivity contribution is -0.137. The van der Waals surface area contributed by atoms with Crippen LogP contribution in [0.1, 0.15) is 34.3 Å². The molecule has 2 aromatic carbocycles. The van der Waals surface area contributed by atoms with E-state index in [1.807, 2.05) is 4.90 Å². The van der Waals surface area contributed by atoms with Gasteiger partial charge in [0, 0.05) is 35.7 Å². The van der Waals surface area contributed by atoms with Gasteiger partial charge in [-0.3, -0.25) is 29.9 Å². The van der Waals surface area contributed by atoms with Gasteiger partial charge in [0.2, 0.25) is 11.8 Å². The first-order chi connectivity index (χ1) is 16.1. The maximum atomic E-state index is 12.5. The number of nitrogens with zero attached hydrogens (tertiary/aromatic N) is 1. The second-order valence-electron chi connectivity index (χ2n) is 7.84. The SMILES string of the molecule is O=C1CCC(N2Cc3ccc(C(=O)NC(=O)Nc4ccc(SC(F)(F)F)cc4)cc3C2)C(=O)N1. The molecule has 2 aromatic rings. The van der Waals surface area contributed by atoms with E-state index in [0.29, 0.717) is 19.5 Å². The summed E-state index contributed by atoms with van der Waals surface area (Å²) in [5.41, 5.74) is -2.15. The predicted molar refractivity (Wildman–Crippen MR) is 117 cm³/mol. The predicted octanol–water partition coefficient (Wildman–Crippen LogP) is 3.38. The lowest BCUT2D eigenvalue weighted by atomic mass is 10.0. The van der Waals surface area contributed by atoms with Gasteiger partial charge in [-0.2, -0.15) is 13.2 Å². The van der Waals surface area contributed by atoms with Crippen LogP contribution in [0.3, 0.4) is 0 Å². The number of anilines is 1. The van der Waals surface area contributed by atoms with Crippen molar-refractivity contribution in [1.29, 1.82) is 0 Å². The number of thioether (sulfide) groups is 1. The van der Waals surface area contributed by atoms with E-state index in [9.17, 15) is 32.3 Å². The zero-order valence-corrected chi connectivity index (χ0v) is 18.4. The second-order valence-corrected chi connectivity index (χ2v) is 8.97. The van der Waals surface area contributed by atoms with Crippen LogP contribution in [0.4, 0.5) is 23.7 Å². The molecule has 2 aliphatic rings. The fraction of sp³-hybridized carbons (Fsp3) is 0.273. The van der Waals surface area contributed by atoms with Gasteiger partial charge in [-0.25, -0.2) is 4.79 Å². The van der Waals surface area contributed by atoms with E-state index in [1.54, 1.807) is 18.2 Å². The fourth-order valence-electron chi connectivity index (χ4n) is 3.89. The minimum absolute atomic E-state index is 0.0287. The quantitative estimate of drug-likeness (QED) is 0.446. The molecule has 0 aromatic heterocycles. The van der Waals surface area contributed by atoms with Crippen LogP contribution >= 0.6 is 11.8 Å². The number of alkyl halides is 3. The molecule has 0 saturated carbocycles. The van der Waals surface area contributed by atoms with Crippen LogP contribution in [0.2, 0.25) is 0 Å². The van der Waals surface area contributed by atoms with Gasteiger partial charge in [-0.15, -0.1) is 0 Å². The van der Waals surface area contributed by atoms with Gasteiger partial charge in [0.15, 0.2) is 0 Å². The van der Waals surface area contributed by atoms with Crippen molar-refractivity contribution >= 4 is 41.2 Å². The number of hydrogen-bond acceptors (Lipinski definition) is 6. The first-order valence-corrected chi connectivity index (χ1v) is 11.1. The Balaban J connectivity index is 1.34. The van der Waals surface area contributed by atoms with E-state index >= 15 is 0 Å². The zero-order chi connectivity index (χ0) is 24.5. The standard InChI is InChI=1S/C22H19F3N4O4S/c23-22(24,25)34-16-5-3-15(4-6-16)26-21(33)28-19(31)12-1-2-13-10-29(11-14(13)9-12)17-7-8-18(30)27-20(17)32/h1-6,9,17H,7-8,10-11H2,(H,27,30,32)(H2,26,28,31,33). The van der Waals surface area contributed by atoms with Crippen LogP contribution in [0.15, 0.2) is 47.4 Å². The number of fused-ring (bicyclic) bond motifs is 1. The molecular weight excluding hydrogens is 473 g/mol. The van der Waals surface area contributed by atoms with Crippen LogP contribution in [-0.2, 0) is 22.7 Å². The third-order valence-electron chi connectivity index (χ3n) is 5.44. The minimum atomic E-state index is -4.41. The average Bonchev–Trinajstić information content (AvgIpc) is 3.17. The molecular formula is C22H19F3N4O4S. The highest BCUT2D eigenvalue weighted by Gasteiger charge is 2.35. The molecule has 2 heterocycles. The molecule has 4 rings (SSSR count). The summed E-state index contributed by atoms with van der Waals surface area (Å²) in [7, 11) is 0. The number of halogens is 3. The van der Waals surface area contributed by atoms with E-state index in [4.69, 9.17) is 0 Å². The summed E-state index contributed by atoms with van der Waals surface area (Å²) in [5, 5.41) is 6.93. The van der Waals surface area contributed by atoms with Gasteiger partial charge in [0.1, 0.15) is 0 Å². The normalized spacial score (nSPS) is 18.3. The highest BCUT2D eigenvalue weighted by atomic mass is 32.2. The lowest BCUT2D eigenvalue weighted by Gasteiger charge is -2.29. The molecule has 5 amide bonds. The largest absolute Gasteiger partial charge is 0.446 e. The molecule has 1 unspecified atom stereocenters. The maximum absolute atomic E-state index is 12.5. The molecule has 3 N–H and O–H groups in total. The van der Waals surface area contributed by atoms with Crippen molar-refractivity contribution in [1.82, 2.24) is 15.5 Å². The van der Waals surface area contributed by atoms with Crippen LogP contribution in [-0.4, -0.2) is 40.2 Å². The van der Waals surface area contributed by atoms with E-state index < -0.39 is 23.5 Å². The summed E-state index contributed by atoms with van der Waals surface area (Å²) in [4.78, 5) is 50.1. The van der Waals surface area contributed by atoms with Gasteiger partial charge in [0.25, 0.3) is 5.91 Å². The molecule has 8 nitrogen and oxygen atoms in total. The van der Waals surface area contributed by atoms with Gasteiger partial charge in [0.05, 0.1) is 6.04 Å². The van der Waals surface area contributed by atoms with Crippen molar-refractivity contribution < 1.29 is 32.3 Å². The summed E-state index contributed by atoms with van der Waals surface area (Å²) in [6.45, 7) is 0.934. The number of imide groups is 2. The lowest BCUT2D eigenvalue weighted by Crippen LogP contribution is -2.50. The highest BCUT2D eigenvalue weighted by molar-refractivity contribution is 8.00. The Morgan fingerprint density at radius 3 is 2.41 bits per heavy atom. The summed E-state index contributed by atoms with van der Waals surface area (Å²) < 4.78 is 37.2. The number of carbonyl (C=O) groups excluding carboxylic acids is 4.